The molecular weight excluding hydrogens is 382 g/mol. The van der Waals surface area contributed by atoms with Crippen molar-refractivity contribution < 1.29 is 13.2 Å². The number of rotatable bonds is 7. The Bertz CT molecular complexity index is 720. The molecular formula is C19H31N3O3S2. The van der Waals surface area contributed by atoms with Crippen LogP contribution in [0.15, 0.2) is 24.3 Å². The Morgan fingerprint density at radius 2 is 1.70 bits per heavy atom. The fourth-order valence-corrected chi connectivity index (χ4v) is 5.08. The van der Waals surface area contributed by atoms with Crippen LogP contribution >= 0.6 is 11.8 Å². The van der Waals surface area contributed by atoms with Gasteiger partial charge < -0.3 is 10.2 Å². The maximum absolute atomic E-state index is 12.6. The molecule has 152 valence electrons. The number of amides is 1. The standard InChI is InChI=1S/C19H31N3O3S2/c1-19(2,3)26-14-9-20-18(23)17-7-5-16(6-8-17)15-27(24,25)22-12-10-21(4)11-13-22/h5-8H,9-15H2,1-4H3,(H,20,23). The zero-order valence-electron chi connectivity index (χ0n) is 16.7. The van der Waals surface area contributed by atoms with Crippen molar-refractivity contribution in [3.63, 3.8) is 0 Å². The van der Waals surface area contributed by atoms with Crippen LogP contribution < -0.4 is 5.32 Å². The topological polar surface area (TPSA) is 69.7 Å². The van der Waals surface area contributed by atoms with Crippen LogP contribution in [0, 0.1) is 0 Å². The van der Waals surface area contributed by atoms with Crippen molar-refractivity contribution in [1.29, 1.82) is 0 Å². The third kappa shape index (κ3) is 7.44. The van der Waals surface area contributed by atoms with Crippen molar-refractivity contribution >= 4 is 27.7 Å². The van der Waals surface area contributed by atoms with Gasteiger partial charge in [-0.15, -0.1) is 0 Å². The van der Waals surface area contributed by atoms with Gasteiger partial charge in [-0.25, -0.2) is 8.42 Å². The minimum atomic E-state index is -3.32. The number of likely N-dealkylation sites (N-methyl/N-ethyl adjacent to an activating group) is 1. The second-order valence-corrected chi connectivity index (χ2v) is 11.8. The van der Waals surface area contributed by atoms with Crippen molar-refractivity contribution in [3.8, 4) is 0 Å². The van der Waals surface area contributed by atoms with E-state index < -0.39 is 10.0 Å². The van der Waals surface area contributed by atoms with Crippen molar-refractivity contribution in [3.05, 3.63) is 35.4 Å². The second-order valence-electron chi connectivity index (χ2n) is 7.87. The first kappa shape index (κ1) is 22.2. The van der Waals surface area contributed by atoms with Crippen LogP contribution in [0.5, 0.6) is 0 Å². The van der Waals surface area contributed by atoms with E-state index in [9.17, 15) is 13.2 Å². The molecule has 0 unspecified atom stereocenters. The zero-order chi connectivity index (χ0) is 20.1. The minimum absolute atomic E-state index is 0.0269. The summed E-state index contributed by atoms with van der Waals surface area (Å²) in [5.74, 6) is 0.704. The summed E-state index contributed by atoms with van der Waals surface area (Å²) in [6.07, 6.45) is 0. The summed E-state index contributed by atoms with van der Waals surface area (Å²) in [5, 5.41) is 2.90. The lowest BCUT2D eigenvalue weighted by Gasteiger charge is -2.31. The van der Waals surface area contributed by atoms with Gasteiger partial charge >= 0.3 is 0 Å². The van der Waals surface area contributed by atoms with E-state index in [1.54, 1.807) is 40.3 Å². The van der Waals surface area contributed by atoms with Crippen molar-refractivity contribution in [2.24, 2.45) is 0 Å². The SMILES string of the molecule is CN1CCN(S(=O)(=O)Cc2ccc(C(=O)NCCSC(C)(C)C)cc2)CC1. The van der Waals surface area contributed by atoms with Crippen LogP contribution in [0.2, 0.25) is 0 Å². The van der Waals surface area contributed by atoms with Crippen LogP contribution in [0.3, 0.4) is 0 Å². The highest BCUT2D eigenvalue weighted by Crippen LogP contribution is 2.22. The monoisotopic (exact) mass is 413 g/mol. The van der Waals surface area contributed by atoms with Gasteiger partial charge in [0.2, 0.25) is 10.0 Å². The molecule has 0 atom stereocenters. The smallest absolute Gasteiger partial charge is 0.251 e. The molecule has 0 saturated carbocycles. The zero-order valence-corrected chi connectivity index (χ0v) is 18.3. The number of carbonyl (C=O) groups is 1. The minimum Gasteiger partial charge on any atom is -0.351 e. The molecule has 0 aromatic heterocycles. The van der Waals surface area contributed by atoms with Crippen LogP contribution in [-0.4, -0.2) is 73.8 Å². The Labute approximate surface area is 167 Å². The summed E-state index contributed by atoms with van der Waals surface area (Å²) in [5.41, 5.74) is 1.25. The molecule has 6 nitrogen and oxygen atoms in total. The Morgan fingerprint density at radius 1 is 1.11 bits per heavy atom. The van der Waals surface area contributed by atoms with Gasteiger partial charge in [-0.1, -0.05) is 32.9 Å². The number of hydrogen-bond acceptors (Lipinski definition) is 5. The van der Waals surface area contributed by atoms with Crippen molar-refractivity contribution in [2.75, 3.05) is 45.5 Å². The lowest BCUT2D eigenvalue weighted by Crippen LogP contribution is -2.47. The van der Waals surface area contributed by atoms with E-state index in [0.29, 0.717) is 30.8 Å². The van der Waals surface area contributed by atoms with E-state index in [2.05, 4.69) is 31.0 Å². The summed E-state index contributed by atoms with van der Waals surface area (Å²) in [6.45, 7) is 9.63. The van der Waals surface area contributed by atoms with Gasteiger partial charge in [0.25, 0.3) is 5.91 Å². The molecule has 1 saturated heterocycles. The normalized spacial score (nSPS) is 17.0. The first-order valence-corrected chi connectivity index (χ1v) is 11.8. The Morgan fingerprint density at radius 3 is 2.26 bits per heavy atom. The summed E-state index contributed by atoms with van der Waals surface area (Å²) >= 11 is 1.80. The second kappa shape index (κ2) is 9.41. The number of nitrogens with zero attached hydrogens (tertiary/aromatic N) is 2. The molecule has 0 aliphatic carbocycles. The predicted octanol–water partition coefficient (Wildman–Crippen LogP) is 2.03. The van der Waals surface area contributed by atoms with E-state index in [-0.39, 0.29) is 16.4 Å². The van der Waals surface area contributed by atoms with Crippen LogP contribution in [0.25, 0.3) is 0 Å². The number of hydrogen-bond donors (Lipinski definition) is 1. The predicted molar refractivity (Wildman–Crippen MR) is 113 cm³/mol. The van der Waals surface area contributed by atoms with Gasteiger partial charge in [0, 0.05) is 48.8 Å². The molecule has 1 amide bonds. The highest BCUT2D eigenvalue weighted by Gasteiger charge is 2.25. The highest BCUT2D eigenvalue weighted by molar-refractivity contribution is 8.00. The fraction of sp³-hybridized carbons (Fsp3) is 0.632. The van der Waals surface area contributed by atoms with Crippen molar-refractivity contribution in [2.45, 2.75) is 31.3 Å². The Balaban J connectivity index is 1.86. The maximum Gasteiger partial charge on any atom is 0.251 e. The van der Waals surface area contributed by atoms with Gasteiger partial charge in [0.1, 0.15) is 0 Å². The molecule has 0 bridgehead atoms. The van der Waals surface area contributed by atoms with Gasteiger partial charge in [0.05, 0.1) is 5.75 Å². The van der Waals surface area contributed by atoms with E-state index in [0.717, 1.165) is 18.8 Å². The third-order valence-corrected chi connectivity index (χ3v) is 7.47. The number of piperazine rings is 1. The summed E-state index contributed by atoms with van der Waals surface area (Å²) in [7, 11) is -1.33. The first-order chi connectivity index (χ1) is 12.6. The molecule has 2 rings (SSSR count). The molecule has 1 aliphatic heterocycles. The lowest BCUT2D eigenvalue weighted by atomic mass is 10.1. The van der Waals surface area contributed by atoms with Gasteiger partial charge in [-0.3, -0.25) is 4.79 Å². The number of carbonyl (C=O) groups excluding carboxylic acids is 1. The van der Waals surface area contributed by atoms with Gasteiger partial charge in [-0.05, 0) is 24.7 Å². The van der Waals surface area contributed by atoms with Crippen LogP contribution in [0.4, 0.5) is 0 Å². The molecule has 1 fully saturated rings. The largest absolute Gasteiger partial charge is 0.351 e. The molecule has 1 heterocycles. The first-order valence-electron chi connectivity index (χ1n) is 9.24. The number of benzene rings is 1. The average molecular weight is 414 g/mol. The molecule has 1 aromatic carbocycles. The molecule has 0 spiro atoms. The quantitative estimate of drug-likeness (QED) is 0.693. The fourth-order valence-electron chi connectivity index (χ4n) is 2.74. The van der Waals surface area contributed by atoms with Gasteiger partial charge in [0.15, 0.2) is 0 Å². The summed E-state index contributed by atoms with van der Waals surface area (Å²) < 4.78 is 26.9. The van der Waals surface area contributed by atoms with Gasteiger partial charge in [-0.2, -0.15) is 16.1 Å². The summed E-state index contributed by atoms with van der Waals surface area (Å²) in [4.78, 5) is 14.3. The molecule has 1 N–H and O–H groups in total. The van der Waals surface area contributed by atoms with E-state index in [1.807, 2.05) is 7.05 Å². The molecule has 0 radical (unpaired) electrons. The maximum atomic E-state index is 12.6. The molecule has 8 heteroatoms. The van der Waals surface area contributed by atoms with E-state index in [1.165, 1.54) is 0 Å². The molecule has 27 heavy (non-hydrogen) atoms. The Hall–Kier alpha value is -1.09. The third-order valence-electron chi connectivity index (χ3n) is 4.34. The summed E-state index contributed by atoms with van der Waals surface area (Å²) in [6, 6.07) is 6.85. The average Bonchev–Trinajstić information content (AvgIpc) is 2.58. The van der Waals surface area contributed by atoms with E-state index >= 15 is 0 Å². The molecule has 1 aliphatic rings. The number of nitrogens with one attached hydrogen (secondary N) is 1. The lowest BCUT2D eigenvalue weighted by molar-refractivity contribution is 0.0956. The highest BCUT2D eigenvalue weighted by atomic mass is 32.2. The molecule has 1 aromatic rings. The van der Waals surface area contributed by atoms with E-state index in [4.69, 9.17) is 0 Å². The van der Waals surface area contributed by atoms with Crippen molar-refractivity contribution in [1.82, 2.24) is 14.5 Å². The number of thioether (sulfide) groups is 1. The number of sulfonamides is 1. The van der Waals surface area contributed by atoms with Crippen LogP contribution in [0.1, 0.15) is 36.7 Å². The van der Waals surface area contributed by atoms with Crippen LogP contribution in [-0.2, 0) is 15.8 Å². The Kier molecular flexibility index (Phi) is 7.73.